The second kappa shape index (κ2) is 9.44. The molecule has 1 atom stereocenters. The van der Waals surface area contributed by atoms with Crippen molar-refractivity contribution < 1.29 is 0 Å². The topological polar surface area (TPSA) is 0 Å². The lowest BCUT2D eigenvalue weighted by Gasteiger charge is -2.17. The van der Waals surface area contributed by atoms with Crippen molar-refractivity contribution in [3.8, 4) is 0 Å². The monoisotopic (exact) mass is 266 g/mol. The van der Waals surface area contributed by atoms with Gasteiger partial charge >= 0.3 is 0 Å². The van der Waals surface area contributed by atoms with Crippen LogP contribution in [0.25, 0.3) is 0 Å². The SMILES string of the molecule is CCCCCC(CCCC)Cc1ccccc1Cl. The Morgan fingerprint density at radius 1 is 0.944 bits per heavy atom. The lowest BCUT2D eigenvalue weighted by Crippen LogP contribution is -2.05. The summed E-state index contributed by atoms with van der Waals surface area (Å²) in [7, 11) is 0. The van der Waals surface area contributed by atoms with Crippen molar-refractivity contribution in [2.24, 2.45) is 5.92 Å². The van der Waals surface area contributed by atoms with Crippen molar-refractivity contribution in [2.45, 2.75) is 65.2 Å². The lowest BCUT2D eigenvalue weighted by molar-refractivity contribution is 0.412. The number of hydrogen-bond donors (Lipinski definition) is 0. The van der Waals surface area contributed by atoms with Crippen molar-refractivity contribution in [2.75, 3.05) is 0 Å². The van der Waals surface area contributed by atoms with Gasteiger partial charge < -0.3 is 0 Å². The maximum absolute atomic E-state index is 6.26. The molecule has 0 aliphatic rings. The Morgan fingerprint density at radius 2 is 1.61 bits per heavy atom. The van der Waals surface area contributed by atoms with Gasteiger partial charge in [-0.3, -0.25) is 0 Å². The predicted octanol–water partition coefficient (Wildman–Crippen LogP) is 6.27. The van der Waals surface area contributed by atoms with Crippen LogP contribution < -0.4 is 0 Å². The molecule has 0 saturated carbocycles. The van der Waals surface area contributed by atoms with Gasteiger partial charge in [0.25, 0.3) is 0 Å². The van der Waals surface area contributed by atoms with Crippen LogP contribution in [-0.4, -0.2) is 0 Å². The molecule has 0 radical (unpaired) electrons. The summed E-state index contributed by atoms with van der Waals surface area (Å²) in [5.74, 6) is 0.816. The summed E-state index contributed by atoms with van der Waals surface area (Å²) in [6.07, 6.45) is 10.6. The molecule has 0 saturated heterocycles. The highest BCUT2D eigenvalue weighted by molar-refractivity contribution is 6.31. The highest BCUT2D eigenvalue weighted by Gasteiger charge is 2.11. The van der Waals surface area contributed by atoms with Crippen LogP contribution >= 0.6 is 11.6 Å². The fraction of sp³-hybridized carbons (Fsp3) is 0.647. The third kappa shape index (κ3) is 5.91. The Hall–Kier alpha value is -0.490. The highest BCUT2D eigenvalue weighted by Crippen LogP contribution is 2.25. The first-order chi connectivity index (χ1) is 8.77. The summed E-state index contributed by atoms with van der Waals surface area (Å²) >= 11 is 6.26. The summed E-state index contributed by atoms with van der Waals surface area (Å²) in [6, 6.07) is 8.31. The summed E-state index contributed by atoms with van der Waals surface area (Å²) in [4.78, 5) is 0. The molecular weight excluding hydrogens is 240 g/mol. The number of benzene rings is 1. The average Bonchev–Trinajstić information content (AvgIpc) is 2.38. The van der Waals surface area contributed by atoms with Gasteiger partial charge in [-0.2, -0.15) is 0 Å². The molecule has 0 aliphatic heterocycles. The summed E-state index contributed by atoms with van der Waals surface area (Å²) < 4.78 is 0. The van der Waals surface area contributed by atoms with E-state index in [4.69, 9.17) is 11.6 Å². The van der Waals surface area contributed by atoms with Crippen LogP contribution in [0, 0.1) is 5.92 Å². The van der Waals surface area contributed by atoms with Crippen LogP contribution in [0.3, 0.4) is 0 Å². The first-order valence-electron chi connectivity index (χ1n) is 7.51. The maximum atomic E-state index is 6.26. The molecule has 18 heavy (non-hydrogen) atoms. The van der Waals surface area contributed by atoms with Crippen LogP contribution in [0.4, 0.5) is 0 Å². The normalized spacial score (nSPS) is 12.6. The van der Waals surface area contributed by atoms with E-state index in [1.54, 1.807) is 0 Å². The second-order valence-electron chi connectivity index (χ2n) is 5.30. The van der Waals surface area contributed by atoms with Crippen molar-refractivity contribution in [1.82, 2.24) is 0 Å². The minimum absolute atomic E-state index is 0.816. The van der Waals surface area contributed by atoms with Crippen LogP contribution in [0.5, 0.6) is 0 Å². The standard InChI is InChI=1S/C17H27Cl/c1-3-5-7-11-15(10-6-4-2)14-16-12-8-9-13-17(16)18/h8-9,12-13,15H,3-7,10-11,14H2,1-2H3. The molecule has 102 valence electrons. The fourth-order valence-corrected chi connectivity index (χ4v) is 2.71. The van der Waals surface area contributed by atoms with E-state index >= 15 is 0 Å². The maximum Gasteiger partial charge on any atom is 0.0438 e. The summed E-state index contributed by atoms with van der Waals surface area (Å²) in [5, 5.41) is 0.939. The van der Waals surface area contributed by atoms with Crippen LogP contribution in [-0.2, 0) is 6.42 Å². The largest absolute Gasteiger partial charge is 0.0840 e. The van der Waals surface area contributed by atoms with Crippen molar-refractivity contribution in [3.63, 3.8) is 0 Å². The molecule has 1 heteroatoms. The minimum Gasteiger partial charge on any atom is -0.0840 e. The molecule has 1 aromatic rings. The molecule has 0 heterocycles. The van der Waals surface area contributed by atoms with E-state index in [-0.39, 0.29) is 0 Å². The Bertz CT molecular complexity index is 319. The van der Waals surface area contributed by atoms with Gasteiger partial charge in [0.1, 0.15) is 0 Å². The summed E-state index contributed by atoms with van der Waals surface area (Å²) in [6.45, 7) is 4.55. The van der Waals surface area contributed by atoms with Gasteiger partial charge in [-0.15, -0.1) is 0 Å². The second-order valence-corrected chi connectivity index (χ2v) is 5.71. The minimum atomic E-state index is 0.816. The molecule has 0 fully saturated rings. The molecule has 0 nitrogen and oxygen atoms in total. The van der Waals surface area contributed by atoms with Crippen LogP contribution in [0.1, 0.15) is 64.4 Å². The van der Waals surface area contributed by atoms with E-state index in [0.29, 0.717) is 0 Å². The molecular formula is C17H27Cl. The molecule has 0 aromatic heterocycles. The summed E-state index contributed by atoms with van der Waals surface area (Å²) in [5.41, 5.74) is 1.33. The van der Waals surface area contributed by atoms with Gasteiger partial charge in [0.05, 0.1) is 0 Å². The zero-order valence-electron chi connectivity index (χ0n) is 11.9. The van der Waals surface area contributed by atoms with E-state index in [0.717, 1.165) is 17.4 Å². The van der Waals surface area contributed by atoms with Crippen molar-refractivity contribution in [3.05, 3.63) is 34.9 Å². The van der Waals surface area contributed by atoms with E-state index in [2.05, 4.69) is 26.0 Å². The first kappa shape index (κ1) is 15.6. The molecule has 1 unspecified atom stereocenters. The Morgan fingerprint density at radius 3 is 2.28 bits per heavy atom. The van der Waals surface area contributed by atoms with E-state index in [1.807, 2.05) is 12.1 Å². The quantitative estimate of drug-likeness (QED) is 0.462. The predicted molar refractivity (Wildman–Crippen MR) is 82.3 cm³/mol. The fourth-order valence-electron chi connectivity index (χ4n) is 2.50. The van der Waals surface area contributed by atoms with Gasteiger partial charge in [-0.1, -0.05) is 88.6 Å². The Labute approximate surface area is 118 Å². The molecule has 0 amide bonds. The van der Waals surface area contributed by atoms with Gasteiger partial charge in [0, 0.05) is 5.02 Å². The first-order valence-corrected chi connectivity index (χ1v) is 7.89. The van der Waals surface area contributed by atoms with Gasteiger partial charge in [-0.25, -0.2) is 0 Å². The number of hydrogen-bond acceptors (Lipinski definition) is 0. The van der Waals surface area contributed by atoms with E-state index in [1.165, 1.54) is 50.5 Å². The number of rotatable bonds is 9. The van der Waals surface area contributed by atoms with Crippen LogP contribution in [0.2, 0.25) is 5.02 Å². The van der Waals surface area contributed by atoms with Gasteiger partial charge in [0.15, 0.2) is 0 Å². The molecule has 0 N–H and O–H groups in total. The average molecular weight is 267 g/mol. The zero-order valence-corrected chi connectivity index (χ0v) is 12.7. The third-order valence-electron chi connectivity index (χ3n) is 3.65. The third-order valence-corrected chi connectivity index (χ3v) is 4.02. The molecule has 0 bridgehead atoms. The van der Waals surface area contributed by atoms with Gasteiger partial charge in [-0.05, 0) is 24.0 Å². The molecule has 1 rings (SSSR count). The Balaban J connectivity index is 2.51. The molecule has 1 aromatic carbocycles. The van der Waals surface area contributed by atoms with Crippen molar-refractivity contribution >= 4 is 11.6 Å². The highest BCUT2D eigenvalue weighted by atomic mass is 35.5. The van der Waals surface area contributed by atoms with Crippen LogP contribution in [0.15, 0.2) is 24.3 Å². The van der Waals surface area contributed by atoms with Crippen molar-refractivity contribution in [1.29, 1.82) is 0 Å². The number of halogens is 1. The molecule has 0 aliphatic carbocycles. The number of unbranched alkanes of at least 4 members (excludes halogenated alkanes) is 3. The Kier molecular flexibility index (Phi) is 8.17. The van der Waals surface area contributed by atoms with Gasteiger partial charge in [0.2, 0.25) is 0 Å². The van der Waals surface area contributed by atoms with E-state index in [9.17, 15) is 0 Å². The molecule has 0 spiro atoms. The van der Waals surface area contributed by atoms with E-state index < -0.39 is 0 Å². The zero-order chi connectivity index (χ0) is 13.2. The smallest absolute Gasteiger partial charge is 0.0438 e. The lowest BCUT2D eigenvalue weighted by atomic mass is 9.89.